The highest BCUT2D eigenvalue weighted by Crippen LogP contribution is 1.93. The van der Waals surface area contributed by atoms with Gasteiger partial charge in [-0.15, -0.1) is 0 Å². The molecule has 0 heterocycles. The number of carbonyl (C=O) groups excluding carboxylic acids is 2. The highest BCUT2D eigenvalue weighted by Gasteiger charge is 2.02. The Balaban J connectivity index is 3.51. The molecule has 6 heteroatoms. The summed E-state index contributed by atoms with van der Waals surface area (Å²) in [5, 5.41) is 2.52. The lowest BCUT2D eigenvalue weighted by Gasteiger charge is -2.01. The van der Waals surface area contributed by atoms with Gasteiger partial charge in [0.2, 0.25) is 5.83 Å². The fraction of sp³-hybridized carbons (Fsp3) is 0.556. The molecule has 15 heavy (non-hydrogen) atoms. The highest BCUT2D eigenvalue weighted by atomic mass is 19.1. The Hall–Kier alpha value is -1.59. The maximum absolute atomic E-state index is 12.5. The van der Waals surface area contributed by atoms with E-state index in [9.17, 15) is 14.0 Å². The number of nitrogens with one attached hydrogen (secondary N) is 1. The first-order chi connectivity index (χ1) is 7.07. The van der Waals surface area contributed by atoms with Crippen molar-refractivity contribution < 1.29 is 18.7 Å². The summed E-state index contributed by atoms with van der Waals surface area (Å²) in [6.07, 6.45) is 1.64. The predicted molar refractivity (Wildman–Crippen MR) is 52.3 cm³/mol. The third-order valence-corrected chi connectivity index (χ3v) is 1.47. The van der Waals surface area contributed by atoms with Crippen LogP contribution >= 0.6 is 0 Å². The maximum Gasteiger partial charge on any atom is 0.305 e. The first-order valence-corrected chi connectivity index (χ1v) is 4.62. The van der Waals surface area contributed by atoms with Gasteiger partial charge in [0.15, 0.2) is 0 Å². The molecule has 0 saturated heterocycles. The van der Waals surface area contributed by atoms with Crippen LogP contribution in [0.5, 0.6) is 0 Å². The van der Waals surface area contributed by atoms with Gasteiger partial charge >= 0.3 is 5.97 Å². The summed E-state index contributed by atoms with van der Waals surface area (Å²) in [7, 11) is 0. The summed E-state index contributed by atoms with van der Waals surface area (Å²) >= 11 is 0. The fourth-order valence-electron chi connectivity index (χ4n) is 0.801. The number of ether oxygens (including phenoxy) is 1. The van der Waals surface area contributed by atoms with Gasteiger partial charge in [0.05, 0.1) is 6.61 Å². The Morgan fingerprint density at radius 2 is 2.20 bits per heavy atom. The Bertz CT molecular complexity index is 254. The molecule has 0 radical (unpaired) electrons. The predicted octanol–water partition coefficient (Wildman–Crippen LogP) is 0.216. The zero-order valence-electron chi connectivity index (χ0n) is 8.59. The normalized spacial score (nSPS) is 10.9. The molecule has 3 N–H and O–H groups in total. The van der Waals surface area contributed by atoms with Crippen LogP contribution in [0.3, 0.4) is 0 Å². The minimum absolute atomic E-state index is 0.257. The average Bonchev–Trinajstić information content (AvgIpc) is 2.17. The first-order valence-electron chi connectivity index (χ1n) is 4.62. The monoisotopic (exact) mass is 218 g/mol. The van der Waals surface area contributed by atoms with Crippen molar-refractivity contribution >= 4 is 11.9 Å². The Labute approximate surface area is 87.5 Å². The number of hydrogen-bond donors (Lipinski definition) is 2. The van der Waals surface area contributed by atoms with E-state index in [0.717, 1.165) is 6.20 Å². The second-order valence-electron chi connectivity index (χ2n) is 2.72. The fourth-order valence-corrected chi connectivity index (χ4v) is 0.801. The summed E-state index contributed by atoms with van der Waals surface area (Å²) in [6.45, 7) is 2.45. The van der Waals surface area contributed by atoms with Crippen molar-refractivity contribution in [2.24, 2.45) is 5.73 Å². The lowest BCUT2D eigenvalue weighted by Crippen LogP contribution is -2.16. The molecule has 0 aliphatic carbocycles. The summed E-state index contributed by atoms with van der Waals surface area (Å²) in [5.74, 6) is -2.45. The van der Waals surface area contributed by atoms with Gasteiger partial charge in [0.25, 0.3) is 5.91 Å². The first kappa shape index (κ1) is 13.4. The van der Waals surface area contributed by atoms with Gasteiger partial charge in [-0.3, -0.25) is 9.59 Å². The van der Waals surface area contributed by atoms with Crippen molar-refractivity contribution in [1.82, 2.24) is 5.32 Å². The average molecular weight is 218 g/mol. The van der Waals surface area contributed by atoms with Crippen LogP contribution in [-0.4, -0.2) is 25.0 Å². The van der Waals surface area contributed by atoms with Gasteiger partial charge in [-0.2, -0.15) is 4.39 Å². The van der Waals surface area contributed by atoms with E-state index < -0.39 is 11.7 Å². The second kappa shape index (κ2) is 7.78. The molecule has 86 valence electrons. The summed E-state index contributed by atoms with van der Waals surface area (Å²) in [6, 6.07) is 0. The number of amides is 1. The van der Waals surface area contributed by atoms with Gasteiger partial charge in [-0.25, -0.2) is 0 Å². The zero-order chi connectivity index (χ0) is 11.7. The molecular weight excluding hydrogens is 203 g/mol. The van der Waals surface area contributed by atoms with Gasteiger partial charge in [0.1, 0.15) is 0 Å². The molecule has 0 aliphatic rings. The highest BCUT2D eigenvalue weighted by molar-refractivity contribution is 5.89. The third-order valence-electron chi connectivity index (χ3n) is 1.47. The van der Waals surface area contributed by atoms with E-state index in [2.05, 4.69) is 15.8 Å². The molecule has 0 unspecified atom stereocenters. The Morgan fingerprint density at radius 3 is 2.73 bits per heavy atom. The van der Waals surface area contributed by atoms with Crippen molar-refractivity contribution in [3.63, 3.8) is 0 Å². The lowest BCUT2D eigenvalue weighted by molar-refractivity contribution is -0.143. The van der Waals surface area contributed by atoms with Crippen LogP contribution in [0.1, 0.15) is 19.8 Å². The second-order valence-corrected chi connectivity index (χ2v) is 2.72. The molecule has 5 nitrogen and oxygen atoms in total. The minimum atomic E-state index is -1.12. The molecular formula is C9H15FN2O3. The quantitative estimate of drug-likeness (QED) is 0.364. The summed E-state index contributed by atoms with van der Waals surface area (Å²) in [4.78, 5) is 21.1. The van der Waals surface area contributed by atoms with Crippen molar-refractivity contribution in [3.8, 4) is 0 Å². The van der Waals surface area contributed by atoms with E-state index >= 15 is 0 Å². The lowest BCUT2D eigenvalue weighted by atomic mass is 10.3. The molecule has 1 amide bonds. The van der Waals surface area contributed by atoms with E-state index in [1.165, 1.54) is 0 Å². The van der Waals surface area contributed by atoms with Crippen LogP contribution in [0.15, 0.2) is 12.0 Å². The molecule has 0 bridgehead atoms. The molecule has 0 aromatic rings. The molecule has 0 fully saturated rings. The topological polar surface area (TPSA) is 81.4 Å². The largest absolute Gasteiger partial charge is 0.466 e. The third kappa shape index (κ3) is 7.48. The van der Waals surface area contributed by atoms with E-state index in [-0.39, 0.29) is 12.4 Å². The van der Waals surface area contributed by atoms with Crippen LogP contribution < -0.4 is 11.1 Å². The smallest absolute Gasteiger partial charge is 0.305 e. The van der Waals surface area contributed by atoms with Crippen molar-refractivity contribution in [2.45, 2.75) is 19.8 Å². The van der Waals surface area contributed by atoms with Crippen molar-refractivity contribution in [1.29, 1.82) is 0 Å². The standard InChI is InChI=1S/C9H15FN2O3/c1-2-15-8(13)4-3-5-12-6-7(10)9(11)14/h6,12H,2-5H2,1H3,(H2,11,14). The van der Waals surface area contributed by atoms with Crippen LogP contribution in [0.2, 0.25) is 0 Å². The number of primary amides is 1. The van der Waals surface area contributed by atoms with Crippen LogP contribution in [0, 0.1) is 0 Å². The van der Waals surface area contributed by atoms with E-state index in [1.807, 2.05) is 0 Å². The number of hydrogen-bond acceptors (Lipinski definition) is 4. The summed E-state index contributed by atoms with van der Waals surface area (Å²) < 4.78 is 17.1. The van der Waals surface area contributed by atoms with Crippen LogP contribution in [-0.2, 0) is 14.3 Å². The maximum atomic E-state index is 12.5. The molecule has 0 aromatic carbocycles. The molecule has 0 aliphatic heterocycles. The van der Waals surface area contributed by atoms with Crippen molar-refractivity contribution in [3.05, 3.63) is 12.0 Å². The summed E-state index contributed by atoms with van der Waals surface area (Å²) in [5.41, 5.74) is 4.64. The van der Waals surface area contributed by atoms with E-state index in [4.69, 9.17) is 0 Å². The van der Waals surface area contributed by atoms with Gasteiger partial charge in [-0.1, -0.05) is 0 Å². The molecule has 0 saturated carbocycles. The Kier molecular flexibility index (Phi) is 6.96. The number of esters is 1. The molecule has 0 rings (SSSR count). The Morgan fingerprint density at radius 1 is 1.53 bits per heavy atom. The van der Waals surface area contributed by atoms with Gasteiger partial charge in [-0.05, 0) is 13.3 Å². The molecule has 0 atom stereocenters. The van der Waals surface area contributed by atoms with Crippen LogP contribution in [0.4, 0.5) is 4.39 Å². The van der Waals surface area contributed by atoms with Crippen LogP contribution in [0.25, 0.3) is 0 Å². The number of nitrogens with two attached hydrogens (primary N) is 1. The zero-order valence-corrected chi connectivity index (χ0v) is 8.59. The van der Waals surface area contributed by atoms with Crippen molar-refractivity contribution in [2.75, 3.05) is 13.2 Å². The van der Waals surface area contributed by atoms with Gasteiger partial charge in [0, 0.05) is 19.2 Å². The van der Waals surface area contributed by atoms with Gasteiger partial charge < -0.3 is 15.8 Å². The number of carbonyl (C=O) groups is 2. The molecule has 0 spiro atoms. The van der Waals surface area contributed by atoms with E-state index in [0.29, 0.717) is 19.6 Å². The molecule has 0 aromatic heterocycles. The minimum Gasteiger partial charge on any atom is -0.466 e. The van der Waals surface area contributed by atoms with E-state index in [1.54, 1.807) is 6.92 Å². The number of halogens is 1. The SMILES string of the molecule is CCOC(=O)CCCNC=C(F)C(N)=O. The number of rotatable bonds is 7.